The maximum absolute atomic E-state index is 12.9. The summed E-state index contributed by atoms with van der Waals surface area (Å²) in [6.07, 6.45) is 1.93. The standard InChI is InChI=1S/C15H17FN2O3/c1-18(8-7-15(19)20-2)10-14-17-9-13(21-14)11-3-5-12(16)6-4-11/h3-6,9H,7-8,10H2,1-2H3. The molecule has 0 unspecified atom stereocenters. The van der Waals surface area contributed by atoms with E-state index >= 15 is 0 Å². The Morgan fingerprint density at radius 1 is 1.38 bits per heavy atom. The van der Waals surface area contributed by atoms with E-state index in [9.17, 15) is 9.18 Å². The van der Waals surface area contributed by atoms with Gasteiger partial charge in [0.2, 0.25) is 5.89 Å². The van der Waals surface area contributed by atoms with Crippen LogP contribution in [0.15, 0.2) is 34.9 Å². The molecule has 0 aliphatic rings. The second kappa shape index (κ2) is 6.99. The summed E-state index contributed by atoms with van der Waals surface area (Å²) in [5, 5.41) is 0. The number of hydrogen-bond donors (Lipinski definition) is 0. The SMILES string of the molecule is COC(=O)CCN(C)Cc1ncc(-c2ccc(F)cc2)o1. The van der Waals surface area contributed by atoms with Crippen LogP contribution in [0.1, 0.15) is 12.3 Å². The number of methoxy groups -OCH3 is 1. The third-order valence-corrected chi connectivity index (χ3v) is 3.01. The average molecular weight is 292 g/mol. The predicted molar refractivity (Wildman–Crippen MR) is 74.9 cm³/mol. The van der Waals surface area contributed by atoms with Gasteiger partial charge in [0, 0.05) is 12.1 Å². The van der Waals surface area contributed by atoms with Crippen LogP contribution in [-0.2, 0) is 16.1 Å². The highest BCUT2D eigenvalue weighted by molar-refractivity contribution is 5.69. The lowest BCUT2D eigenvalue weighted by atomic mass is 10.2. The van der Waals surface area contributed by atoms with Crippen molar-refractivity contribution in [2.45, 2.75) is 13.0 Å². The van der Waals surface area contributed by atoms with Gasteiger partial charge in [-0.3, -0.25) is 9.69 Å². The van der Waals surface area contributed by atoms with E-state index in [2.05, 4.69) is 9.72 Å². The Morgan fingerprint density at radius 2 is 2.10 bits per heavy atom. The summed E-state index contributed by atoms with van der Waals surface area (Å²) in [5.41, 5.74) is 0.771. The van der Waals surface area contributed by atoms with Crippen LogP contribution in [0, 0.1) is 5.82 Å². The van der Waals surface area contributed by atoms with Gasteiger partial charge < -0.3 is 9.15 Å². The van der Waals surface area contributed by atoms with Crippen LogP contribution in [0.2, 0.25) is 0 Å². The molecule has 1 aromatic carbocycles. The van der Waals surface area contributed by atoms with Crippen LogP contribution in [0.5, 0.6) is 0 Å². The third-order valence-electron chi connectivity index (χ3n) is 3.01. The van der Waals surface area contributed by atoms with Gasteiger partial charge in [0.05, 0.1) is 26.3 Å². The fourth-order valence-electron chi connectivity index (χ4n) is 1.83. The van der Waals surface area contributed by atoms with E-state index in [0.717, 1.165) is 5.56 Å². The molecule has 5 nitrogen and oxygen atoms in total. The number of nitrogens with zero attached hydrogens (tertiary/aromatic N) is 2. The zero-order valence-electron chi connectivity index (χ0n) is 12.0. The smallest absolute Gasteiger partial charge is 0.306 e. The summed E-state index contributed by atoms with van der Waals surface area (Å²) < 4.78 is 23.1. The van der Waals surface area contributed by atoms with Crippen LogP contribution in [0.3, 0.4) is 0 Å². The molecule has 0 atom stereocenters. The van der Waals surface area contributed by atoms with Gasteiger partial charge in [0.1, 0.15) is 5.82 Å². The summed E-state index contributed by atoms with van der Waals surface area (Å²) >= 11 is 0. The first-order chi connectivity index (χ1) is 10.1. The van der Waals surface area contributed by atoms with Gasteiger partial charge in [0.15, 0.2) is 5.76 Å². The molecule has 0 aliphatic carbocycles. The molecule has 2 rings (SSSR count). The molecule has 0 fully saturated rings. The summed E-state index contributed by atoms with van der Waals surface area (Å²) in [7, 11) is 3.23. The van der Waals surface area contributed by atoms with E-state index in [1.807, 2.05) is 11.9 Å². The Morgan fingerprint density at radius 3 is 2.76 bits per heavy atom. The highest BCUT2D eigenvalue weighted by atomic mass is 19.1. The first kappa shape index (κ1) is 15.2. The monoisotopic (exact) mass is 292 g/mol. The molecule has 112 valence electrons. The number of ether oxygens (including phenoxy) is 1. The molecular weight excluding hydrogens is 275 g/mol. The Kier molecular flexibility index (Phi) is 5.05. The second-order valence-corrected chi connectivity index (χ2v) is 4.69. The number of rotatable bonds is 6. The maximum Gasteiger partial charge on any atom is 0.306 e. The lowest BCUT2D eigenvalue weighted by Gasteiger charge is -2.13. The summed E-state index contributed by atoms with van der Waals surface area (Å²) in [6, 6.07) is 6.03. The fraction of sp³-hybridized carbons (Fsp3) is 0.333. The largest absolute Gasteiger partial charge is 0.469 e. The third kappa shape index (κ3) is 4.39. The van der Waals surface area contributed by atoms with Crippen molar-refractivity contribution in [1.29, 1.82) is 0 Å². The summed E-state index contributed by atoms with van der Waals surface area (Å²) in [5.74, 6) is 0.593. The first-order valence-electron chi connectivity index (χ1n) is 6.54. The average Bonchev–Trinajstić information content (AvgIpc) is 2.94. The summed E-state index contributed by atoms with van der Waals surface area (Å²) in [4.78, 5) is 17.2. The van der Waals surface area contributed by atoms with Gasteiger partial charge in [-0.25, -0.2) is 9.37 Å². The molecule has 0 bridgehead atoms. The lowest BCUT2D eigenvalue weighted by Crippen LogP contribution is -2.22. The van der Waals surface area contributed by atoms with Crippen molar-refractivity contribution in [3.05, 3.63) is 42.2 Å². The second-order valence-electron chi connectivity index (χ2n) is 4.69. The zero-order valence-corrected chi connectivity index (χ0v) is 12.0. The van der Waals surface area contributed by atoms with Gasteiger partial charge >= 0.3 is 5.97 Å². The van der Waals surface area contributed by atoms with Crippen molar-refractivity contribution in [2.75, 3.05) is 20.7 Å². The van der Waals surface area contributed by atoms with Crippen LogP contribution in [-0.4, -0.2) is 36.6 Å². The topological polar surface area (TPSA) is 55.6 Å². The minimum absolute atomic E-state index is 0.249. The van der Waals surface area contributed by atoms with Crippen molar-refractivity contribution in [2.24, 2.45) is 0 Å². The quantitative estimate of drug-likeness (QED) is 0.766. The fourth-order valence-corrected chi connectivity index (χ4v) is 1.83. The maximum atomic E-state index is 12.9. The first-order valence-corrected chi connectivity index (χ1v) is 6.54. The number of hydrogen-bond acceptors (Lipinski definition) is 5. The highest BCUT2D eigenvalue weighted by Crippen LogP contribution is 2.21. The normalized spacial score (nSPS) is 10.9. The Balaban J connectivity index is 1.93. The molecule has 1 aromatic heterocycles. The summed E-state index contributed by atoms with van der Waals surface area (Å²) in [6.45, 7) is 1.04. The van der Waals surface area contributed by atoms with E-state index in [4.69, 9.17) is 4.42 Å². The van der Waals surface area contributed by atoms with E-state index in [1.165, 1.54) is 19.2 Å². The Hall–Kier alpha value is -2.21. The van der Waals surface area contributed by atoms with Crippen LogP contribution >= 0.6 is 0 Å². The molecule has 0 saturated carbocycles. The number of esters is 1. The molecule has 1 heterocycles. The van der Waals surface area contributed by atoms with Gasteiger partial charge in [-0.1, -0.05) is 0 Å². The molecular formula is C15H17FN2O3. The minimum Gasteiger partial charge on any atom is -0.469 e. The number of carbonyl (C=O) groups is 1. The lowest BCUT2D eigenvalue weighted by molar-refractivity contribution is -0.140. The predicted octanol–water partition coefficient (Wildman–Crippen LogP) is 2.48. The van der Waals surface area contributed by atoms with Crippen LogP contribution < -0.4 is 0 Å². The minimum atomic E-state index is -0.291. The molecule has 6 heteroatoms. The molecule has 0 radical (unpaired) electrons. The van der Waals surface area contributed by atoms with Crippen molar-refractivity contribution in [3.8, 4) is 11.3 Å². The van der Waals surface area contributed by atoms with E-state index < -0.39 is 0 Å². The van der Waals surface area contributed by atoms with Crippen molar-refractivity contribution in [3.63, 3.8) is 0 Å². The number of carbonyl (C=O) groups excluding carboxylic acids is 1. The zero-order chi connectivity index (χ0) is 15.2. The Bertz CT molecular complexity index is 595. The van der Waals surface area contributed by atoms with Crippen LogP contribution in [0.25, 0.3) is 11.3 Å². The Labute approximate surface area is 122 Å². The van der Waals surface area contributed by atoms with Crippen LogP contribution in [0.4, 0.5) is 4.39 Å². The molecule has 0 saturated heterocycles. The molecule has 2 aromatic rings. The number of benzene rings is 1. The number of aromatic nitrogens is 1. The van der Waals surface area contributed by atoms with Crippen molar-refractivity contribution >= 4 is 5.97 Å². The highest BCUT2D eigenvalue weighted by Gasteiger charge is 2.10. The van der Waals surface area contributed by atoms with Gasteiger partial charge in [-0.05, 0) is 31.3 Å². The number of oxazole rings is 1. The van der Waals surface area contributed by atoms with Crippen molar-refractivity contribution in [1.82, 2.24) is 9.88 Å². The van der Waals surface area contributed by atoms with E-state index in [-0.39, 0.29) is 11.8 Å². The molecule has 0 aliphatic heterocycles. The molecule has 0 spiro atoms. The number of halogens is 1. The molecule has 0 N–H and O–H groups in total. The molecule has 21 heavy (non-hydrogen) atoms. The van der Waals surface area contributed by atoms with Gasteiger partial charge in [-0.15, -0.1) is 0 Å². The van der Waals surface area contributed by atoms with E-state index in [1.54, 1.807) is 18.3 Å². The van der Waals surface area contributed by atoms with Gasteiger partial charge in [-0.2, -0.15) is 0 Å². The van der Waals surface area contributed by atoms with E-state index in [0.29, 0.717) is 31.2 Å². The molecule has 0 amide bonds. The van der Waals surface area contributed by atoms with Gasteiger partial charge in [0.25, 0.3) is 0 Å². The van der Waals surface area contributed by atoms with Crippen molar-refractivity contribution < 1.29 is 18.3 Å².